The number of anilines is 1. The van der Waals surface area contributed by atoms with Crippen molar-refractivity contribution < 1.29 is 125 Å². The van der Waals surface area contributed by atoms with Crippen LogP contribution in [0.25, 0.3) is 33.4 Å². The number of fused-ring (bicyclic) bond motifs is 2. The first-order chi connectivity index (χ1) is 48.1. The van der Waals surface area contributed by atoms with Crippen molar-refractivity contribution in [3.05, 3.63) is 91.5 Å². The SMILES string of the molecule is CCSSCO[C@@H]1C[C@H](n2cc(C#CCNC(=O)NCCCCCOCSSC(C)(C)CCOC(=O)NCCOCCOCCNC(=O)c3ccc(CO)c(-c4c5cc/c(=N/N)c(S(=O)(=O)O)c-5oc5c(S(=O)(=O)O)c(N)ccc45)c3)c(=O)[nH]c2=O)O[C@@H]1COP(=O)(O)OP(=O)(O)OP(=O)(O)O. The minimum atomic E-state index is -5.80. The lowest BCUT2D eigenvalue weighted by Crippen LogP contribution is -2.36. The van der Waals surface area contributed by atoms with Crippen molar-refractivity contribution in [1.82, 2.24) is 30.8 Å². The molecule has 0 bridgehead atoms. The van der Waals surface area contributed by atoms with Gasteiger partial charge < -0.3 is 90.4 Å². The van der Waals surface area contributed by atoms with Crippen LogP contribution in [0.15, 0.2) is 77.6 Å². The van der Waals surface area contributed by atoms with Gasteiger partial charge in [0.15, 0.2) is 21.1 Å². The summed E-state index contributed by atoms with van der Waals surface area (Å²) in [5, 5.41) is 23.9. The Hall–Kier alpha value is -5.63. The first-order valence-corrected chi connectivity index (χ1v) is 42.4. The molecule has 566 valence electrons. The molecule has 38 nitrogen and oxygen atoms in total. The third-order valence-electron chi connectivity index (χ3n) is 13.8. The van der Waals surface area contributed by atoms with Crippen LogP contribution in [-0.2, 0) is 82.1 Å². The molecule has 3 aliphatic rings. The molecule has 1 aliphatic carbocycles. The molecule has 2 unspecified atom stereocenters. The van der Waals surface area contributed by atoms with Gasteiger partial charge in [-0.1, -0.05) is 68.0 Å². The summed E-state index contributed by atoms with van der Waals surface area (Å²) in [7, 11) is -21.5. The van der Waals surface area contributed by atoms with Gasteiger partial charge in [0, 0.05) is 71.4 Å². The van der Waals surface area contributed by atoms with Gasteiger partial charge in [-0.25, -0.2) is 28.1 Å². The second-order valence-electron chi connectivity index (χ2n) is 21.8. The predicted octanol–water partition coefficient (Wildman–Crippen LogP) is 4.31. The molecule has 16 N–H and O–H groups in total. The minimum Gasteiger partial charge on any atom is -0.453 e. The van der Waals surface area contributed by atoms with Crippen molar-refractivity contribution in [2.75, 3.05) is 95.8 Å². The molecule has 3 heterocycles. The van der Waals surface area contributed by atoms with Gasteiger partial charge in [0.05, 0.1) is 64.6 Å². The number of amides is 4. The highest BCUT2D eigenvalue weighted by atomic mass is 33.1. The predicted molar refractivity (Wildman–Crippen MR) is 373 cm³/mol. The molecule has 47 heteroatoms. The third kappa shape index (κ3) is 27.1. The Kier molecular flexibility index (Phi) is 33.2. The van der Waals surface area contributed by atoms with Gasteiger partial charge in [0.25, 0.3) is 21.6 Å². The number of alkyl carbamates (subject to hydrolysis) is 1. The lowest BCUT2D eigenvalue weighted by atomic mass is 9.89. The fourth-order valence-electron chi connectivity index (χ4n) is 9.34. The number of phosphoric ester groups is 1. The Balaban J connectivity index is 0.802. The number of nitrogen functional groups attached to an aromatic ring is 1. The molecule has 5 atom stereocenters. The van der Waals surface area contributed by atoms with Crippen molar-refractivity contribution in [2.45, 2.75) is 92.5 Å². The Morgan fingerprint density at radius 3 is 2.21 bits per heavy atom. The maximum absolute atomic E-state index is 13.4. The van der Waals surface area contributed by atoms with Crippen LogP contribution >= 0.6 is 66.6 Å². The summed E-state index contributed by atoms with van der Waals surface area (Å²) in [5.74, 6) is 10.6. The normalized spacial score (nSPS) is 16.5. The van der Waals surface area contributed by atoms with E-state index in [2.05, 4.69) is 51.8 Å². The average Bonchev–Trinajstić information content (AvgIpc) is 0.830. The largest absolute Gasteiger partial charge is 0.490 e. The molecule has 1 saturated heterocycles. The average molecular weight is 1610 g/mol. The fraction of sp³-hybridized carbons (Fsp3) is 0.491. The third-order valence-corrected chi connectivity index (χ3v) is 24.6. The molecule has 0 saturated carbocycles. The molecule has 0 spiro atoms. The number of carbonyl (C=O) groups excluding carboxylic acids is 3. The van der Waals surface area contributed by atoms with E-state index in [1.807, 2.05) is 20.8 Å². The van der Waals surface area contributed by atoms with E-state index < -0.39 is 137 Å². The number of unbranched alkanes of at least 4 members (excludes halogenated alkanes) is 2. The summed E-state index contributed by atoms with van der Waals surface area (Å²) in [6, 6.07) is 8.60. The molecule has 3 aromatic rings. The summed E-state index contributed by atoms with van der Waals surface area (Å²) < 4.78 is 159. The summed E-state index contributed by atoms with van der Waals surface area (Å²) in [5.41, 5.74) is 3.18. The topological polar surface area (TPSA) is 576 Å². The first-order valence-electron chi connectivity index (χ1n) is 30.2. The van der Waals surface area contributed by atoms with Gasteiger partial charge >= 0.3 is 51.4 Å². The van der Waals surface area contributed by atoms with Crippen LogP contribution in [0.2, 0.25) is 0 Å². The van der Waals surface area contributed by atoms with Crippen LogP contribution in [0.1, 0.15) is 80.6 Å². The Morgan fingerprint density at radius 1 is 0.814 bits per heavy atom. The molecule has 1 fully saturated rings. The molecule has 102 heavy (non-hydrogen) atoms. The number of aliphatic hydroxyl groups excluding tert-OH is 1. The van der Waals surface area contributed by atoms with E-state index in [-0.39, 0.29) is 109 Å². The number of nitrogens with two attached hydrogens (primary N) is 2. The van der Waals surface area contributed by atoms with Crippen LogP contribution in [0.4, 0.5) is 15.3 Å². The van der Waals surface area contributed by atoms with Crippen LogP contribution in [0.3, 0.4) is 0 Å². The fourth-order valence-corrected chi connectivity index (χ4v) is 17.5. The molecule has 1 aromatic heterocycles. The zero-order chi connectivity index (χ0) is 75.1. The van der Waals surface area contributed by atoms with Crippen molar-refractivity contribution >= 4 is 122 Å². The zero-order valence-electron chi connectivity index (χ0n) is 54.4. The summed E-state index contributed by atoms with van der Waals surface area (Å²) in [6.07, 6.45) is -0.293. The number of carbonyl (C=O) groups is 3. The first kappa shape index (κ1) is 85.3. The number of urea groups is 1. The highest BCUT2D eigenvalue weighted by Crippen LogP contribution is 2.66. The standard InChI is InChI=1S/C55H76N9O29P3S6/c1-4-97-98-33-88-42-28-44(90-43(42)31-89-95(74,75)93-96(76,77)92-94(71,72)73)64-29-35(51(67)62-53(64)69)9-8-18-60-52(68)59-17-6-5-7-21-86-32-99-100-55(2,3)16-22-87-54(70)61-20-24-85-26-25-84-23-19-58-50(66)34-10-11-36(30-65)39(27-34)45-37-12-14-40(56)48(101(78,79)80)46(37)91-47-38(45)13-15-41(63-57)49(47)102(81,82)83/h10-15,27,29,42-44,65H,4-7,16-26,28,30-33,56-57H2,1-3H3,(H,58,66)(H,61,70)(H,74,75)(H,76,77)(H2,59,60,68)(H,62,67,69)(H2,71,72,73)(H,78,79,80)(H,81,82,83)/b63-41-/t42-,43-,44-/m1/s1. The second kappa shape index (κ2) is 39.6. The number of hydrogen-bond donors (Lipinski definition) is 14. The summed E-state index contributed by atoms with van der Waals surface area (Å²) in [6.45, 7) is 5.89. The zero-order valence-corrected chi connectivity index (χ0v) is 62.0. The number of phosphoric acid groups is 3. The van der Waals surface area contributed by atoms with Gasteiger partial charge in [-0.2, -0.15) is 30.6 Å². The number of benzene rings is 3. The van der Waals surface area contributed by atoms with Gasteiger partial charge in [-0.05, 0) is 87.1 Å². The quantitative estimate of drug-likeness (QED) is 0.00248. The number of aromatic nitrogens is 2. The van der Waals surface area contributed by atoms with E-state index in [0.29, 0.717) is 31.9 Å². The second-order valence-corrected chi connectivity index (χ2v) is 34.6. The minimum absolute atomic E-state index is 0.0189. The molecular weight excluding hydrogens is 1540 g/mol. The molecule has 4 amide bonds. The van der Waals surface area contributed by atoms with Gasteiger partial charge in [0.1, 0.15) is 35.1 Å². The highest BCUT2D eigenvalue weighted by molar-refractivity contribution is 8.77. The van der Waals surface area contributed by atoms with E-state index >= 15 is 0 Å². The highest BCUT2D eigenvalue weighted by Gasteiger charge is 2.44. The number of H-pyrrole nitrogens is 1. The number of nitrogens with one attached hydrogen (secondary N) is 5. The Bertz CT molecular complexity index is 4360. The van der Waals surface area contributed by atoms with Crippen molar-refractivity contribution in [3.63, 3.8) is 0 Å². The van der Waals surface area contributed by atoms with E-state index in [4.69, 9.17) is 58.7 Å². The lowest BCUT2D eigenvalue weighted by molar-refractivity contribution is -0.0543. The molecule has 2 aliphatic heterocycles. The lowest BCUT2D eigenvalue weighted by Gasteiger charge is -2.22. The van der Waals surface area contributed by atoms with Crippen LogP contribution in [0.5, 0.6) is 0 Å². The maximum atomic E-state index is 13.4. The van der Waals surface area contributed by atoms with E-state index in [0.717, 1.165) is 41.5 Å². The molecule has 6 rings (SSSR count). The van der Waals surface area contributed by atoms with Gasteiger partial charge in [-0.3, -0.25) is 32.8 Å². The van der Waals surface area contributed by atoms with Crippen LogP contribution < -0.4 is 49.4 Å². The monoisotopic (exact) mass is 1610 g/mol. The van der Waals surface area contributed by atoms with Gasteiger partial charge in [0.2, 0.25) is 0 Å². The summed E-state index contributed by atoms with van der Waals surface area (Å²) in [4.78, 5) is 101. The number of rotatable bonds is 41. The van der Waals surface area contributed by atoms with E-state index in [9.17, 15) is 78.5 Å². The molecule has 2 aromatic carbocycles. The van der Waals surface area contributed by atoms with Crippen LogP contribution in [-0.4, -0.2) is 185 Å². The van der Waals surface area contributed by atoms with Gasteiger partial charge in [-0.15, -0.1) is 0 Å². The summed E-state index contributed by atoms with van der Waals surface area (Å²) >= 11 is 0. The number of ether oxygens (including phenoxy) is 6. The molecule has 0 radical (unpaired) electrons. The molecular formula is C55H76N9O29P3S6. The van der Waals surface area contributed by atoms with Crippen LogP contribution in [0, 0.1) is 11.8 Å². The van der Waals surface area contributed by atoms with Crippen molar-refractivity contribution in [1.29, 1.82) is 0 Å². The maximum Gasteiger partial charge on any atom is 0.490 e. The number of hydrogen-bond acceptors (Lipinski definition) is 30. The van der Waals surface area contributed by atoms with E-state index in [1.165, 1.54) is 62.7 Å². The van der Waals surface area contributed by atoms with Crippen molar-refractivity contribution in [3.8, 4) is 34.3 Å². The number of aromatic amines is 1. The van der Waals surface area contributed by atoms with Crippen molar-refractivity contribution in [2.24, 2.45) is 10.9 Å². The smallest absolute Gasteiger partial charge is 0.453 e. The Labute approximate surface area is 598 Å². The Morgan fingerprint density at radius 2 is 1.53 bits per heavy atom. The number of nitrogens with zero attached hydrogens (tertiary/aromatic N) is 2. The van der Waals surface area contributed by atoms with E-state index in [1.54, 1.807) is 10.8 Å². The number of aliphatic hydroxyl groups is 1.